The Morgan fingerprint density at radius 2 is 1.71 bits per heavy atom. The molecule has 2 aromatic carbocycles. The van der Waals surface area contributed by atoms with Crippen LogP contribution in [0.4, 0.5) is 4.39 Å². The van der Waals surface area contributed by atoms with Gasteiger partial charge in [0.15, 0.2) is 0 Å². The van der Waals surface area contributed by atoms with E-state index in [1.807, 2.05) is 19.1 Å². The molecule has 1 N–H and O–H groups in total. The Hall–Kier alpha value is -1.87. The molecule has 2 nitrogen and oxygen atoms in total. The average Bonchev–Trinajstić information content (AvgIpc) is 2.47. The van der Waals surface area contributed by atoms with Crippen molar-refractivity contribution < 1.29 is 9.13 Å². The minimum absolute atomic E-state index is 0.272. The van der Waals surface area contributed by atoms with Gasteiger partial charge in [0, 0.05) is 18.7 Å². The largest absolute Gasteiger partial charge is 0.489 e. The van der Waals surface area contributed by atoms with Gasteiger partial charge in [0.25, 0.3) is 0 Å². The van der Waals surface area contributed by atoms with E-state index in [1.54, 1.807) is 6.07 Å². The second kappa shape index (κ2) is 7.23. The Kier molecular flexibility index (Phi) is 5.34. The van der Waals surface area contributed by atoms with Crippen molar-refractivity contribution in [2.24, 2.45) is 0 Å². The van der Waals surface area contributed by atoms with E-state index in [0.29, 0.717) is 18.4 Å². The summed E-state index contributed by atoms with van der Waals surface area (Å²) in [5, 5.41) is 3.38. The smallest absolute Gasteiger partial charge is 0.126 e. The average molecular weight is 287 g/mol. The van der Waals surface area contributed by atoms with Crippen molar-refractivity contribution in [1.82, 2.24) is 5.32 Å². The fraction of sp³-hybridized carbons (Fsp3) is 0.333. The number of nitrogens with one attached hydrogen (secondary N) is 1. The van der Waals surface area contributed by atoms with Crippen molar-refractivity contribution in [3.63, 3.8) is 0 Å². The molecule has 3 heteroatoms. The van der Waals surface area contributed by atoms with Gasteiger partial charge in [-0.05, 0) is 29.7 Å². The van der Waals surface area contributed by atoms with E-state index in [9.17, 15) is 4.39 Å². The van der Waals surface area contributed by atoms with Crippen LogP contribution in [0.1, 0.15) is 30.5 Å². The van der Waals surface area contributed by atoms with Crippen LogP contribution < -0.4 is 10.1 Å². The van der Waals surface area contributed by atoms with Gasteiger partial charge in [-0.1, -0.05) is 44.2 Å². The Morgan fingerprint density at radius 3 is 2.38 bits per heavy atom. The zero-order valence-electron chi connectivity index (χ0n) is 12.8. The molecule has 21 heavy (non-hydrogen) atoms. The van der Waals surface area contributed by atoms with Crippen LogP contribution >= 0.6 is 0 Å². The summed E-state index contributed by atoms with van der Waals surface area (Å²) in [6.07, 6.45) is 0. The van der Waals surface area contributed by atoms with Crippen LogP contribution in [0.5, 0.6) is 5.75 Å². The lowest BCUT2D eigenvalue weighted by atomic mass is 10.1. The summed E-state index contributed by atoms with van der Waals surface area (Å²) < 4.78 is 18.9. The number of hydrogen-bond donors (Lipinski definition) is 1. The molecule has 112 valence electrons. The number of hydrogen-bond acceptors (Lipinski definition) is 2. The van der Waals surface area contributed by atoms with Gasteiger partial charge in [-0.15, -0.1) is 0 Å². The van der Waals surface area contributed by atoms with Gasteiger partial charge in [0.05, 0.1) is 0 Å². The molecule has 0 spiro atoms. The molecule has 0 fully saturated rings. The number of aryl methyl sites for hydroxylation is 1. The van der Waals surface area contributed by atoms with Crippen LogP contribution in [-0.2, 0) is 13.2 Å². The minimum Gasteiger partial charge on any atom is -0.489 e. The van der Waals surface area contributed by atoms with Crippen molar-refractivity contribution in [1.29, 1.82) is 0 Å². The van der Waals surface area contributed by atoms with E-state index in [0.717, 1.165) is 17.7 Å². The normalized spacial score (nSPS) is 10.9. The molecule has 0 radical (unpaired) electrons. The first-order chi connectivity index (χ1) is 10.0. The third kappa shape index (κ3) is 4.87. The zero-order valence-corrected chi connectivity index (χ0v) is 12.8. The highest BCUT2D eigenvalue weighted by Gasteiger charge is 2.02. The number of rotatable bonds is 6. The van der Waals surface area contributed by atoms with Crippen molar-refractivity contribution >= 4 is 0 Å². The fourth-order valence-electron chi connectivity index (χ4n) is 1.97. The van der Waals surface area contributed by atoms with E-state index in [2.05, 4.69) is 31.3 Å². The number of halogens is 1. The molecule has 0 saturated heterocycles. The Bertz CT molecular complexity index is 578. The molecule has 0 heterocycles. The standard InChI is InChI=1S/C18H22FNO/c1-13(2)20-11-15-5-7-16(8-6-15)12-21-18-10-17(19)9-4-14(18)3/h4-10,13,20H,11-12H2,1-3H3. The van der Waals surface area contributed by atoms with Crippen LogP contribution in [0.3, 0.4) is 0 Å². The summed E-state index contributed by atoms with van der Waals surface area (Å²) in [7, 11) is 0. The highest BCUT2D eigenvalue weighted by molar-refractivity contribution is 5.33. The first kappa shape index (κ1) is 15.5. The Labute approximate surface area is 126 Å². The van der Waals surface area contributed by atoms with Crippen LogP contribution in [0.25, 0.3) is 0 Å². The highest BCUT2D eigenvalue weighted by atomic mass is 19.1. The van der Waals surface area contributed by atoms with Crippen LogP contribution in [0, 0.1) is 12.7 Å². The molecule has 0 bridgehead atoms. The lowest BCUT2D eigenvalue weighted by Crippen LogP contribution is -2.21. The topological polar surface area (TPSA) is 21.3 Å². The Balaban J connectivity index is 1.93. The van der Waals surface area contributed by atoms with E-state index in [4.69, 9.17) is 4.74 Å². The minimum atomic E-state index is -0.272. The lowest BCUT2D eigenvalue weighted by molar-refractivity contribution is 0.302. The maximum atomic E-state index is 13.2. The van der Waals surface area contributed by atoms with Gasteiger partial charge >= 0.3 is 0 Å². The fourth-order valence-corrected chi connectivity index (χ4v) is 1.97. The molecule has 2 aromatic rings. The maximum absolute atomic E-state index is 13.2. The van der Waals surface area contributed by atoms with Gasteiger partial charge in [-0.3, -0.25) is 0 Å². The highest BCUT2D eigenvalue weighted by Crippen LogP contribution is 2.20. The molecule has 0 aromatic heterocycles. The van der Waals surface area contributed by atoms with E-state index in [1.165, 1.54) is 17.7 Å². The third-order valence-corrected chi connectivity index (χ3v) is 3.28. The summed E-state index contributed by atoms with van der Waals surface area (Å²) in [5.74, 6) is 0.325. The first-order valence-corrected chi connectivity index (χ1v) is 7.25. The van der Waals surface area contributed by atoms with Crippen LogP contribution in [0.15, 0.2) is 42.5 Å². The van der Waals surface area contributed by atoms with Gasteiger partial charge in [0.2, 0.25) is 0 Å². The second-order valence-electron chi connectivity index (χ2n) is 5.55. The molecule has 0 aliphatic heterocycles. The molecular formula is C18H22FNO. The SMILES string of the molecule is Cc1ccc(F)cc1OCc1ccc(CNC(C)C)cc1. The lowest BCUT2D eigenvalue weighted by Gasteiger charge is -2.11. The third-order valence-electron chi connectivity index (χ3n) is 3.28. The monoisotopic (exact) mass is 287 g/mol. The first-order valence-electron chi connectivity index (χ1n) is 7.25. The number of benzene rings is 2. The van der Waals surface area contributed by atoms with Crippen LogP contribution in [0.2, 0.25) is 0 Å². The molecule has 0 amide bonds. The van der Waals surface area contributed by atoms with Crippen LogP contribution in [-0.4, -0.2) is 6.04 Å². The Morgan fingerprint density at radius 1 is 1.05 bits per heavy atom. The summed E-state index contributed by atoms with van der Waals surface area (Å²) in [4.78, 5) is 0. The van der Waals surface area contributed by atoms with Gasteiger partial charge in [-0.25, -0.2) is 4.39 Å². The quantitative estimate of drug-likeness (QED) is 0.859. The molecule has 0 aliphatic carbocycles. The summed E-state index contributed by atoms with van der Waals surface area (Å²) in [6.45, 7) is 7.48. The zero-order chi connectivity index (χ0) is 15.2. The molecule has 2 rings (SSSR count). The molecule has 0 unspecified atom stereocenters. The van der Waals surface area contributed by atoms with Gasteiger partial charge in [0.1, 0.15) is 18.2 Å². The van der Waals surface area contributed by atoms with E-state index >= 15 is 0 Å². The van der Waals surface area contributed by atoms with Crippen molar-refractivity contribution in [2.75, 3.05) is 0 Å². The van der Waals surface area contributed by atoms with E-state index < -0.39 is 0 Å². The summed E-state index contributed by atoms with van der Waals surface area (Å²) in [6, 6.07) is 13.3. The molecule has 0 atom stereocenters. The molecule has 0 saturated carbocycles. The maximum Gasteiger partial charge on any atom is 0.126 e. The summed E-state index contributed by atoms with van der Waals surface area (Å²) >= 11 is 0. The number of ether oxygens (including phenoxy) is 1. The van der Waals surface area contributed by atoms with E-state index in [-0.39, 0.29) is 5.82 Å². The van der Waals surface area contributed by atoms with Crippen molar-refractivity contribution in [3.8, 4) is 5.75 Å². The predicted octanol–water partition coefficient (Wildman–Crippen LogP) is 4.21. The molecule has 0 aliphatic rings. The van der Waals surface area contributed by atoms with Crippen molar-refractivity contribution in [2.45, 2.75) is 40.0 Å². The predicted molar refractivity (Wildman–Crippen MR) is 83.9 cm³/mol. The van der Waals surface area contributed by atoms with Gasteiger partial charge < -0.3 is 10.1 Å². The second-order valence-corrected chi connectivity index (χ2v) is 5.55. The van der Waals surface area contributed by atoms with Crippen molar-refractivity contribution in [3.05, 3.63) is 65.0 Å². The van der Waals surface area contributed by atoms with Gasteiger partial charge in [-0.2, -0.15) is 0 Å². The summed E-state index contributed by atoms with van der Waals surface area (Å²) in [5.41, 5.74) is 3.26. The molecular weight excluding hydrogens is 265 g/mol.